The number of ether oxygens (including phenoxy) is 1. The van der Waals surface area contributed by atoms with Gasteiger partial charge in [0.15, 0.2) is 5.78 Å². The highest BCUT2D eigenvalue weighted by Crippen LogP contribution is 2.29. The van der Waals surface area contributed by atoms with Crippen LogP contribution in [-0.2, 0) is 24.3 Å². The van der Waals surface area contributed by atoms with E-state index in [1.165, 1.54) is 19.1 Å². The Kier molecular flexibility index (Phi) is 4.67. The minimum atomic E-state index is -3.94. The van der Waals surface area contributed by atoms with Crippen molar-refractivity contribution in [3.63, 3.8) is 0 Å². The summed E-state index contributed by atoms with van der Waals surface area (Å²) in [5, 5.41) is 0. The smallest absolute Gasteiger partial charge is 0.324 e. The number of rotatable bonds is 4. The van der Waals surface area contributed by atoms with Gasteiger partial charge in [-0.3, -0.25) is 9.59 Å². The van der Waals surface area contributed by atoms with Crippen LogP contribution in [-0.4, -0.2) is 43.2 Å². The number of hydrogen-bond acceptors (Lipinski definition) is 5. The predicted octanol–water partition coefficient (Wildman–Crippen LogP) is 1.28. The molecular weight excluding hydrogens is 306 g/mol. The van der Waals surface area contributed by atoms with Crippen LogP contribution in [0.3, 0.4) is 0 Å². The van der Waals surface area contributed by atoms with E-state index in [0.29, 0.717) is 0 Å². The van der Waals surface area contributed by atoms with E-state index in [2.05, 4.69) is 0 Å². The molecule has 0 aromatic heterocycles. The Hall–Kier alpha value is -1.73. The fourth-order valence-corrected chi connectivity index (χ4v) is 4.25. The molecule has 1 fully saturated rings. The molecule has 0 spiro atoms. The van der Waals surface area contributed by atoms with Crippen LogP contribution in [0.4, 0.5) is 0 Å². The lowest BCUT2D eigenvalue weighted by Crippen LogP contribution is -2.45. The van der Waals surface area contributed by atoms with Crippen molar-refractivity contribution in [2.45, 2.75) is 44.2 Å². The van der Waals surface area contributed by atoms with E-state index in [1.807, 2.05) is 6.92 Å². The average Bonchev–Trinajstić information content (AvgIpc) is 2.76. The lowest BCUT2D eigenvalue weighted by molar-refractivity contribution is -0.147. The molecule has 2 rings (SSSR count). The number of esters is 1. The van der Waals surface area contributed by atoms with Gasteiger partial charge in [0.05, 0.1) is 17.5 Å². The predicted molar refractivity (Wildman–Crippen MR) is 79.7 cm³/mol. The molecule has 0 amide bonds. The Balaban J connectivity index is 2.43. The highest BCUT2D eigenvalue weighted by molar-refractivity contribution is 7.89. The molecule has 1 aromatic rings. The van der Waals surface area contributed by atoms with Gasteiger partial charge < -0.3 is 4.74 Å². The summed E-state index contributed by atoms with van der Waals surface area (Å²) < 4.78 is 31.4. The highest BCUT2D eigenvalue weighted by Gasteiger charge is 2.49. The Labute approximate surface area is 130 Å². The summed E-state index contributed by atoms with van der Waals surface area (Å²) in [5.74, 6) is -0.968. The van der Waals surface area contributed by atoms with Gasteiger partial charge in [0.1, 0.15) is 6.04 Å². The molecule has 0 bridgehead atoms. The summed E-state index contributed by atoms with van der Waals surface area (Å²) in [6.45, 7) is 5.11. The van der Waals surface area contributed by atoms with E-state index in [0.717, 1.165) is 9.87 Å². The molecule has 7 heteroatoms. The standard InChI is InChI=1S/C15H19NO5S/c1-4-21-15(18)13-9-14(17)11(3)16(13)22(19,20)12-7-5-10(2)6-8-12/h5-8,11,13H,4,9H2,1-3H3/t11?,13-/m0/s1. The number of Topliss-reactive ketones (excluding diaryl/α,β-unsaturated/α-hetero) is 1. The lowest BCUT2D eigenvalue weighted by Gasteiger charge is -2.25. The zero-order chi connectivity index (χ0) is 16.5. The van der Waals surface area contributed by atoms with Gasteiger partial charge in [-0.1, -0.05) is 17.7 Å². The Morgan fingerprint density at radius 1 is 1.32 bits per heavy atom. The van der Waals surface area contributed by atoms with Gasteiger partial charge in [-0.25, -0.2) is 8.42 Å². The molecule has 1 saturated heterocycles. The summed E-state index contributed by atoms with van der Waals surface area (Å²) in [7, 11) is -3.94. The van der Waals surface area contributed by atoms with Crippen LogP contribution in [0.25, 0.3) is 0 Å². The van der Waals surface area contributed by atoms with Crippen molar-refractivity contribution < 1.29 is 22.7 Å². The molecule has 0 N–H and O–H groups in total. The van der Waals surface area contributed by atoms with E-state index in [-0.39, 0.29) is 23.7 Å². The molecule has 1 aromatic carbocycles. The minimum absolute atomic E-state index is 0.0638. The van der Waals surface area contributed by atoms with Gasteiger partial charge in [-0.05, 0) is 32.9 Å². The number of benzene rings is 1. The van der Waals surface area contributed by atoms with E-state index in [4.69, 9.17) is 4.74 Å². The largest absolute Gasteiger partial charge is 0.465 e. The first-order valence-electron chi connectivity index (χ1n) is 7.08. The third-order valence-corrected chi connectivity index (χ3v) is 5.70. The summed E-state index contributed by atoms with van der Waals surface area (Å²) in [5.41, 5.74) is 0.923. The normalized spacial score (nSPS) is 22.8. The van der Waals surface area contributed by atoms with Crippen molar-refractivity contribution in [1.29, 1.82) is 0 Å². The first kappa shape index (κ1) is 16.6. The molecule has 1 heterocycles. The van der Waals surface area contributed by atoms with Gasteiger partial charge in [0.2, 0.25) is 10.0 Å². The number of aryl methyl sites for hydroxylation is 1. The van der Waals surface area contributed by atoms with E-state index in [9.17, 15) is 18.0 Å². The molecule has 120 valence electrons. The molecule has 0 radical (unpaired) electrons. The van der Waals surface area contributed by atoms with Crippen LogP contribution >= 0.6 is 0 Å². The second-order valence-corrected chi connectivity index (χ2v) is 7.11. The Bertz CT molecular complexity index is 680. The van der Waals surface area contributed by atoms with Crippen molar-refractivity contribution in [3.05, 3.63) is 29.8 Å². The second-order valence-electron chi connectivity index (χ2n) is 5.26. The van der Waals surface area contributed by atoms with Crippen LogP contribution in [0.15, 0.2) is 29.2 Å². The van der Waals surface area contributed by atoms with E-state index < -0.39 is 28.1 Å². The van der Waals surface area contributed by atoms with Crippen LogP contribution in [0.2, 0.25) is 0 Å². The van der Waals surface area contributed by atoms with Gasteiger partial charge in [0, 0.05) is 6.42 Å². The maximum absolute atomic E-state index is 12.8. The highest BCUT2D eigenvalue weighted by atomic mass is 32.2. The number of carbonyl (C=O) groups is 2. The fraction of sp³-hybridized carbons (Fsp3) is 0.467. The summed E-state index contributed by atoms with van der Waals surface area (Å²) in [6, 6.07) is 4.34. The molecule has 0 aliphatic carbocycles. The molecule has 1 aliphatic rings. The number of ketones is 1. The summed E-state index contributed by atoms with van der Waals surface area (Å²) in [6.07, 6.45) is -0.148. The summed E-state index contributed by atoms with van der Waals surface area (Å²) >= 11 is 0. The fourth-order valence-electron chi connectivity index (χ4n) is 2.50. The third-order valence-electron chi connectivity index (χ3n) is 3.70. The van der Waals surface area contributed by atoms with Crippen molar-refractivity contribution in [2.24, 2.45) is 0 Å². The van der Waals surface area contributed by atoms with E-state index >= 15 is 0 Å². The van der Waals surface area contributed by atoms with Crippen LogP contribution in [0.1, 0.15) is 25.8 Å². The number of sulfonamides is 1. The van der Waals surface area contributed by atoms with Crippen molar-refractivity contribution in [3.8, 4) is 0 Å². The van der Waals surface area contributed by atoms with Crippen molar-refractivity contribution in [1.82, 2.24) is 4.31 Å². The van der Waals surface area contributed by atoms with Gasteiger partial charge in [0.25, 0.3) is 0 Å². The first-order chi connectivity index (χ1) is 10.3. The van der Waals surface area contributed by atoms with Gasteiger partial charge in [-0.2, -0.15) is 4.31 Å². The SMILES string of the molecule is CCOC(=O)[C@@H]1CC(=O)C(C)N1S(=O)(=O)c1ccc(C)cc1. The average molecular weight is 325 g/mol. The molecule has 6 nitrogen and oxygen atoms in total. The number of hydrogen-bond donors (Lipinski definition) is 0. The molecular formula is C15H19NO5S. The maximum atomic E-state index is 12.8. The molecule has 1 aliphatic heterocycles. The van der Waals surface area contributed by atoms with Crippen molar-refractivity contribution in [2.75, 3.05) is 6.61 Å². The zero-order valence-corrected chi connectivity index (χ0v) is 13.6. The zero-order valence-electron chi connectivity index (χ0n) is 12.8. The Morgan fingerprint density at radius 2 is 1.91 bits per heavy atom. The second kappa shape index (κ2) is 6.18. The quantitative estimate of drug-likeness (QED) is 0.779. The number of carbonyl (C=O) groups excluding carboxylic acids is 2. The number of nitrogens with zero attached hydrogens (tertiary/aromatic N) is 1. The van der Waals surface area contributed by atoms with E-state index in [1.54, 1.807) is 19.1 Å². The maximum Gasteiger partial charge on any atom is 0.324 e. The van der Waals surface area contributed by atoms with Gasteiger partial charge in [-0.15, -0.1) is 0 Å². The Morgan fingerprint density at radius 3 is 2.45 bits per heavy atom. The topological polar surface area (TPSA) is 80.8 Å². The van der Waals surface area contributed by atoms with Gasteiger partial charge >= 0.3 is 5.97 Å². The minimum Gasteiger partial charge on any atom is -0.465 e. The monoisotopic (exact) mass is 325 g/mol. The third kappa shape index (κ3) is 2.91. The van der Waals surface area contributed by atoms with Crippen molar-refractivity contribution >= 4 is 21.8 Å². The molecule has 2 atom stereocenters. The summed E-state index contributed by atoms with van der Waals surface area (Å²) in [4.78, 5) is 24.0. The molecule has 1 unspecified atom stereocenters. The first-order valence-corrected chi connectivity index (χ1v) is 8.52. The van der Waals surface area contributed by atoms with Crippen LogP contribution < -0.4 is 0 Å². The van der Waals surface area contributed by atoms with Crippen LogP contribution in [0, 0.1) is 6.92 Å². The lowest BCUT2D eigenvalue weighted by atomic mass is 10.2. The molecule has 0 saturated carbocycles. The molecule has 22 heavy (non-hydrogen) atoms. The van der Waals surface area contributed by atoms with Crippen LogP contribution in [0.5, 0.6) is 0 Å².